The molecule has 0 saturated heterocycles. The van der Waals surface area contributed by atoms with Crippen molar-refractivity contribution in [1.29, 1.82) is 0 Å². The molecule has 0 radical (unpaired) electrons. The Morgan fingerprint density at radius 3 is 0.420 bits per heavy atom. The van der Waals surface area contributed by atoms with E-state index in [1.807, 2.05) is 0 Å². The van der Waals surface area contributed by atoms with Crippen molar-refractivity contribution in [2.24, 2.45) is 0 Å². The minimum absolute atomic E-state index is 0.0181. The van der Waals surface area contributed by atoms with E-state index >= 15 is 0 Å². The van der Waals surface area contributed by atoms with E-state index in [-0.39, 0.29) is 13.2 Å². The van der Waals surface area contributed by atoms with Crippen LogP contribution in [-0.4, -0.2) is 398 Å². The zero-order valence-corrected chi connectivity index (χ0v) is 62.7. The van der Waals surface area contributed by atoms with Crippen molar-refractivity contribution >= 4 is 0 Å². The molecular weight excluding hydrogens is 1310 g/mol. The van der Waals surface area contributed by atoms with Crippen LogP contribution < -0.4 is 0 Å². The number of ether oxygens (including phenoxy) is 26. The summed E-state index contributed by atoms with van der Waals surface area (Å²) in [5.74, 6) is 0. The van der Waals surface area contributed by atoms with Gasteiger partial charge in [-0.2, -0.15) is 0 Å². The zero-order valence-electron chi connectivity index (χ0n) is 62.7. The first kappa shape index (κ1) is 98.8. The van der Waals surface area contributed by atoms with Gasteiger partial charge in [-0.3, -0.25) is 0 Å². The standard InChI is InChI=1S/C71H146NO28/c1-3-4-5-6-7-8-9-10-11-12-15-72(2,16-13-20-75-24-28-79-32-36-83-40-44-87-48-52-91-56-60-95-64-68-99-70-66-97-62-58-93-54-50-89-46-42-85-38-34-81-30-26-77-22-18-73)17-14-21-76-25-29-80-33-37-84-41-45-88-49-53-92-57-61-96-65-69-100-71-67-98-63-59-94-55-51-90-47-43-86-39-35-82-31-27-78-23-19-74/h73-74H,3-71H2,1-2H3/q+1. The Morgan fingerprint density at radius 1 is 0.150 bits per heavy atom. The van der Waals surface area contributed by atoms with Gasteiger partial charge in [0.25, 0.3) is 0 Å². The third-order valence-corrected chi connectivity index (χ3v) is 14.4. The van der Waals surface area contributed by atoms with Crippen LogP contribution in [0.2, 0.25) is 0 Å². The number of aliphatic hydroxyl groups excluding tert-OH is 2. The molecule has 0 atom stereocenters. The topological polar surface area (TPSA) is 280 Å². The molecule has 2 N–H and O–H groups in total. The van der Waals surface area contributed by atoms with Crippen molar-refractivity contribution in [3.63, 3.8) is 0 Å². The quantitative estimate of drug-likeness (QED) is 0.0624. The number of hydrogen-bond acceptors (Lipinski definition) is 28. The van der Waals surface area contributed by atoms with Crippen LogP contribution in [0.25, 0.3) is 0 Å². The molecule has 100 heavy (non-hydrogen) atoms. The molecule has 0 bridgehead atoms. The van der Waals surface area contributed by atoms with Crippen molar-refractivity contribution in [2.75, 3.05) is 383 Å². The highest BCUT2D eigenvalue weighted by atomic mass is 16.6. The summed E-state index contributed by atoms with van der Waals surface area (Å²) in [5.41, 5.74) is 0. The van der Waals surface area contributed by atoms with Gasteiger partial charge in [0.1, 0.15) is 0 Å². The minimum atomic E-state index is 0.0181. The zero-order chi connectivity index (χ0) is 71.7. The lowest BCUT2D eigenvalue weighted by Crippen LogP contribution is -2.47. The average Bonchev–Trinajstić information content (AvgIpc) is 1.03. The van der Waals surface area contributed by atoms with E-state index in [9.17, 15) is 0 Å². The van der Waals surface area contributed by atoms with Crippen LogP contribution in [0, 0.1) is 0 Å². The van der Waals surface area contributed by atoms with E-state index in [1.165, 1.54) is 70.8 Å². The normalized spacial score (nSPS) is 12.0. The van der Waals surface area contributed by atoms with Crippen LogP contribution in [0.5, 0.6) is 0 Å². The fourth-order valence-corrected chi connectivity index (χ4v) is 9.02. The molecule has 0 saturated carbocycles. The summed E-state index contributed by atoms with van der Waals surface area (Å²) in [4.78, 5) is 0. The lowest BCUT2D eigenvalue weighted by atomic mass is 10.1. The first-order chi connectivity index (χ1) is 49.7. The highest BCUT2D eigenvalue weighted by Gasteiger charge is 2.20. The lowest BCUT2D eigenvalue weighted by Gasteiger charge is -2.35. The molecule has 0 aromatic rings. The van der Waals surface area contributed by atoms with Crippen LogP contribution in [0.4, 0.5) is 0 Å². The van der Waals surface area contributed by atoms with Crippen molar-refractivity contribution in [2.45, 2.75) is 84.0 Å². The van der Waals surface area contributed by atoms with Crippen molar-refractivity contribution in [3.05, 3.63) is 0 Å². The smallest absolute Gasteiger partial charge is 0.0806 e. The first-order valence-electron chi connectivity index (χ1n) is 37.7. The summed E-state index contributed by atoms with van der Waals surface area (Å²) in [5, 5.41) is 17.3. The van der Waals surface area contributed by atoms with Gasteiger partial charge in [-0.1, -0.05) is 58.3 Å². The summed E-state index contributed by atoms with van der Waals surface area (Å²) < 4.78 is 145. The molecule has 29 nitrogen and oxygen atoms in total. The summed E-state index contributed by atoms with van der Waals surface area (Å²) in [7, 11) is 2.40. The van der Waals surface area contributed by atoms with E-state index in [2.05, 4.69) is 14.0 Å². The molecule has 0 heterocycles. The van der Waals surface area contributed by atoms with E-state index in [0.29, 0.717) is 330 Å². The van der Waals surface area contributed by atoms with Gasteiger partial charge in [-0.05, 0) is 12.8 Å². The number of aliphatic hydroxyl groups is 2. The molecule has 29 heteroatoms. The highest BCUT2D eigenvalue weighted by Crippen LogP contribution is 2.14. The molecule has 0 rings (SSSR count). The number of nitrogens with zero attached hydrogens (tertiary/aromatic N) is 1. The molecule has 602 valence electrons. The van der Waals surface area contributed by atoms with Crippen LogP contribution in [0.1, 0.15) is 84.0 Å². The molecule has 0 amide bonds. The van der Waals surface area contributed by atoms with Gasteiger partial charge in [-0.25, -0.2) is 0 Å². The molecule has 0 aromatic carbocycles. The van der Waals surface area contributed by atoms with Crippen molar-refractivity contribution < 1.29 is 138 Å². The SMILES string of the molecule is CCCCCCCCCCCC[N+](C)(CCCOCCOCCOCCOCCOCCOCCOCCOCCOCCOCCOCCOCCOCCO)CCCOCCOCCOCCOCCOCCOCCOCCOCCOCCOCCOCCOCCOCCO. The van der Waals surface area contributed by atoms with Gasteiger partial charge in [0.15, 0.2) is 0 Å². The Labute approximate surface area is 603 Å². The van der Waals surface area contributed by atoms with Gasteiger partial charge in [-0.15, -0.1) is 0 Å². The number of rotatable bonds is 95. The second-order valence-electron chi connectivity index (χ2n) is 23.0. The van der Waals surface area contributed by atoms with Crippen LogP contribution in [0.3, 0.4) is 0 Å². The maximum absolute atomic E-state index is 8.64. The summed E-state index contributed by atoms with van der Waals surface area (Å²) in [6.45, 7) is 31.7. The van der Waals surface area contributed by atoms with E-state index in [0.717, 1.165) is 43.6 Å². The average molecular weight is 1460 g/mol. The Hall–Kier alpha value is -1.16. The van der Waals surface area contributed by atoms with Gasteiger partial charge >= 0.3 is 0 Å². The highest BCUT2D eigenvalue weighted by molar-refractivity contribution is 4.52. The van der Waals surface area contributed by atoms with Gasteiger partial charge < -0.3 is 138 Å². The number of hydrogen-bond donors (Lipinski definition) is 2. The fraction of sp³-hybridized carbons (Fsp3) is 1.00. The largest absolute Gasteiger partial charge is 0.394 e. The Bertz CT molecular complexity index is 1350. The second kappa shape index (κ2) is 92.0. The maximum Gasteiger partial charge on any atom is 0.0806 e. The lowest BCUT2D eigenvalue weighted by molar-refractivity contribution is -0.910. The monoisotopic (exact) mass is 1460 g/mol. The third kappa shape index (κ3) is 89.2. The van der Waals surface area contributed by atoms with E-state index in [4.69, 9.17) is 133 Å². The molecule has 0 aliphatic rings. The van der Waals surface area contributed by atoms with Crippen molar-refractivity contribution in [1.82, 2.24) is 0 Å². The maximum atomic E-state index is 8.64. The van der Waals surface area contributed by atoms with Crippen LogP contribution >= 0.6 is 0 Å². The van der Waals surface area contributed by atoms with Gasteiger partial charge in [0, 0.05) is 12.8 Å². The predicted octanol–water partition coefficient (Wildman–Crippen LogP) is 4.55. The van der Waals surface area contributed by atoms with Gasteiger partial charge in [0.2, 0.25) is 0 Å². The molecule has 0 fully saturated rings. The first-order valence-corrected chi connectivity index (χ1v) is 37.7. The molecule has 0 aliphatic heterocycles. The Balaban J connectivity index is 3.68. The van der Waals surface area contributed by atoms with Crippen molar-refractivity contribution in [3.8, 4) is 0 Å². The molecule has 0 aromatic heterocycles. The minimum Gasteiger partial charge on any atom is -0.394 e. The third-order valence-electron chi connectivity index (χ3n) is 14.4. The van der Waals surface area contributed by atoms with E-state index < -0.39 is 0 Å². The summed E-state index contributed by atoms with van der Waals surface area (Å²) in [6.07, 6.45) is 15.4. The molecular formula is C71H146NO28+. The van der Waals surface area contributed by atoms with E-state index in [1.54, 1.807) is 0 Å². The number of quaternary nitrogens is 1. The predicted molar refractivity (Wildman–Crippen MR) is 377 cm³/mol. The molecule has 0 aliphatic carbocycles. The fourth-order valence-electron chi connectivity index (χ4n) is 9.02. The van der Waals surface area contributed by atoms with Crippen LogP contribution in [-0.2, 0) is 123 Å². The molecule has 0 unspecified atom stereocenters. The number of unbranched alkanes of at least 4 members (excludes halogenated alkanes) is 9. The molecule has 0 spiro atoms. The second-order valence-corrected chi connectivity index (χ2v) is 23.0. The summed E-state index contributed by atoms with van der Waals surface area (Å²) in [6, 6.07) is 0. The Morgan fingerprint density at radius 2 is 0.270 bits per heavy atom. The van der Waals surface area contributed by atoms with Crippen LogP contribution in [0.15, 0.2) is 0 Å². The van der Waals surface area contributed by atoms with Gasteiger partial charge in [0.05, 0.1) is 383 Å². The summed E-state index contributed by atoms with van der Waals surface area (Å²) >= 11 is 0. The Kier molecular flexibility index (Phi) is 91.0.